The molecule has 0 unspecified atom stereocenters. The second kappa shape index (κ2) is 7.46. The number of imidazole rings is 1. The van der Waals surface area contributed by atoms with Crippen LogP contribution in [-0.4, -0.2) is 15.3 Å². The van der Waals surface area contributed by atoms with Gasteiger partial charge in [0, 0.05) is 12.4 Å². The van der Waals surface area contributed by atoms with Gasteiger partial charge in [0.05, 0.1) is 18.2 Å². The van der Waals surface area contributed by atoms with E-state index in [1.807, 2.05) is 96.5 Å². The molecule has 0 aliphatic carbocycles. The van der Waals surface area contributed by atoms with Crippen LogP contribution in [0.1, 0.15) is 28.4 Å². The van der Waals surface area contributed by atoms with Crippen molar-refractivity contribution in [2.75, 3.05) is 0 Å². The fourth-order valence-electron chi connectivity index (χ4n) is 3.25. The first-order valence-corrected chi connectivity index (χ1v) is 9.02. The molecule has 0 fully saturated rings. The molecular formula is C23H21N3O. The van der Waals surface area contributed by atoms with Gasteiger partial charge in [0.2, 0.25) is 5.91 Å². The van der Waals surface area contributed by atoms with Crippen LogP contribution in [0.2, 0.25) is 0 Å². The van der Waals surface area contributed by atoms with Crippen LogP contribution in [-0.2, 0) is 11.2 Å². The number of nitrogens with zero attached hydrogens (tertiary/aromatic N) is 2. The van der Waals surface area contributed by atoms with E-state index in [-0.39, 0.29) is 18.4 Å². The maximum atomic E-state index is 12.8. The van der Waals surface area contributed by atoms with Gasteiger partial charge in [-0.05, 0) is 35.7 Å². The van der Waals surface area contributed by atoms with Crippen LogP contribution < -0.4 is 5.32 Å². The predicted molar refractivity (Wildman–Crippen MR) is 107 cm³/mol. The van der Waals surface area contributed by atoms with Crippen molar-refractivity contribution in [1.29, 1.82) is 0 Å². The molecule has 1 N–H and O–H groups in total. The summed E-state index contributed by atoms with van der Waals surface area (Å²) in [6.07, 6.45) is 4.13. The summed E-state index contributed by atoms with van der Waals surface area (Å²) in [6, 6.07) is 23.9. The Kier molecular flexibility index (Phi) is 4.71. The molecule has 27 heavy (non-hydrogen) atoms. The average Bonchev–Trinajstić information content (AvgIpc) is 3.08. The third-order valence-electron chi connectivity index (χ3n) is 4.58. The summed E-state index contributed by atoms with van der Waals surface area (Å²) in [5, 5.41) is 3.17. The summed E-state index contributed by atoms with van der Waals surface area (Å²) in [5.41, 5.74) is 4.89. The maximum Gasteiger partial charge on any atom is 0.226 e. The van der Waals surface area contributed by atoms with Gasteiger partial charge in [0.25, 0.3) is 0 Å². The van der Waals surface area contributed by atoms with Crippen molar-refractivity contribution in [2.24, 2.45) is 0 Å². The Hall–Kier alpha value is -3.40. The monoisotopic (exact) mass is 355 g/mol. The first-order chi connectivity index (χ1) is 13.2. The lowest BCUT2D eigenvalue weighted by Gasteiger charge is -2.19. The van der Waals surface area contributed by atoms with Gasteiger partial charge in [-0.1, -0.05) is 60.7 Å². The van der Waals surface area contributed by atoms with Gasteiger partial charge in [0.15, 0.2) is 0 Å². The van der Waals surface area contributed by atoms with E-state index in [0.29, 0.717) is 0 Å². The number of pyridine rings is 1. The number of benzene rings is 2. The van der Waals surface area contributed by atoms with E-state index in [1.54, 1.807) is 0 Å². The zero-order valence-electron chi connectivity index (χ0n) is 15.2. The number of fused-ring (bicyclic) bond motifs is 1. The van der Waals surface area contributed by atoms with Crippen LogP contribution in [0.4, 0.5) is 0 Å². The molecular weight excluding hydrogens is 334 g/mol. The van der Waals surface area contributed by atoms with Gasteiger partial charge in [0.1, 0.15) is 5.65 Å². The average molecular weight is 355 g/mol. The highest BCUT2D eigenvalue weighted by Crippen LogP contribution is 2.22. The molecule has 134 valence electrons. The highest BCUT2D eigenvalue weighted by atomic mass is 16.1. The van der Waals surface area contributed by atoms with E-state index >= 15 is 0 Å². The molecule has 2 aromatic heterocycles. The molecule has 1 amide bonds. The van der Waals surface area contributed by atoms with Crippen LogP contribution in [0.25, 0.3) is 5.65 Å². The summed E-state index contributed by atoms with van der Waals surface area (Å²) in [7, 11) is 0. The van der Waals surface area contributed by atoms with E-state index in [0.717, 1.165) is 28.0 Å². The number of hydrogen-bond acceptors (Lipinski definition) is 2. The van der Waals surface area contributed by atoms with Crippen LogP contribution >= 0.6 is 0 Å². The topological polar surface area (TPSA) is 46.4 Å². The summed E-state index contributed by atoms with van der Waals surface area (Å²) >= 11 is 0. The summed E-state index contributed by atoms with van der Waals surface area (Å²) in [5.74, 6) is -0.0483. The van der Waals surface area contributed by atoms with E-state index in [1.165, 1.54) is 0 Å². The van der Waals surface area contributed by atoms with Crippen LogP contribution in [0.5, 0.6) is 0 Å². The number of aryl methyl sites for hydroxylation is 1. The Morgan fingerprint density at radius 1 is 1.00 bits per heavy atom. The molecule has 4 aromatic rings. The molecule has 0 saturated carbocycles. The Morgan fingerprint density at radius 2 is 1.63 bits per heavy atom. The molecule has 0 spiro atoms. The summed E-state index contributed by atoms with van der Waals surface area (Å²) < 4.78 is 1.95. The fourth-order valence-corrected chi connectivity index (χ4v) is 3.25. The number of carbonyl (C=O) groups is 1. The first kappa shape index (κ1) is 17.0. The molecule has 0 aliphatic heterocycles. The highest BCUT2D eigenvalue weighted by molar-refractivity contribution is 5.79. The number of nitrogens with one attached hydrogen (secondary N) is 1. The minimum atomic E-state index is -0.181. The molecule has 4 rings (SSSR count). The van der Waals surface area contributed by atoms with Crippen molar-refractivity contribution < 1.29 is 4.79 Å². The van der Waals surface area contributed by atoms with Crippen molar-refractivity contribution in [2.45, 2.75) is 19.4 Å². The zero-order valence-corrected chi connectivity index (χ0v) is 15.2. The number of aromatic nitrogens is 2. The van der Waals surface area contributed by atoms with Crippen molar-refractivity contribution in [3.8, 4) is 0 Å². The van der Waals surface area contributed by atoms with Crippen molar-refractivity contribution in [3.63, 3.8) is 0 Å². The Balaban J connectivity index is 1.56. The predicted octanol–water partition coefficient (Wildman–Crippen LogP) is 4.09. The zero-order chi connectivity index (χ0) is 18.6. The fraction of sp³-hybridized carbons (Fsp3) is 0.130. The number of amides is 1. The van der Waals surface area contributed by atoms with Gasteiger partial charge < -0.3 is 9.72 Å². The van der Waals surface area contributed by atoms with Gasteiger partial charge in [-0.25, -0.2) is 4.98 Å². The van der Waals surface area contributed by atoms with E-state index in [9.17, 15) is 4.79 Å². The Morgan fingerprint density at radius 3 is 2.26 bits per heavy atom. The molecule has 4 nitrogen and oxygen atoms in total. The highest BCUT2D eigenvalue weighted by Gasteiger charge is 2.17. The lowest BCUT2D eigenvalue weighted by atomic mass is 9.98. The number of carbonyl (C=O) groups excluding carboxylic acids is 1. The second-order valence-corrected chi connectivity index (χ2v) is 6.70. The lowest BCUT2D eigenvalue weighted by molar-refractivity contribution is -0.121. The third kappa shape index (κ3) is 3.90. The first-order valence-electron chi connectivity index (χ1n) is 9.02. The molecule has 0 aliphatic rings. The Bertz CT molecular complexity index is 1020. The number of hydrogen-bond donors (Lipinski definition) is 1. The SMILES string of the molecule is Cc1ccn2cc(CC(=O)NC(c3ccccc3)c3ccccc3)nc2c1. The third-order valence-corrected chi connectivity index (χ3v) is 4.58. The van der Waals surface area contributed by atoms with Gasteiger partial charge in [-0.3, -0.25) is 4.79 Å². The van der Waals surface area contributed by atoms with Crippen molar-refractivity contribution in [1.82, 2.24) is 14.7 Å². The molecule has 2 heterocycles. The van der Waals surface area contributed by atoms with Gasteiger partial charge in [-0.2, -0.15) is 0 Å². The summed E-state index contributed by atoms with van der Waals surface area (Å²) in [4.78, 5) is 17.3. The van der Waals surface area contributed by atoms with Crippen molar-refractivity contribution in [3.05, 3.63) is 108 Å². The summed E-state index contributed by atoms with van der Waals surface area (Å²) in [6.45, 7) is 2.03. The van der Waals surface area contributed by atoms with E-state index < -0.39 is 0 Å². The van der Waals surface area contributed by atoms with Gasteiger partial charge >= 0.3 is 0 Å². The maximum absolute atomic E-state index is 12.8. The van der Waals surface area contributed by atoms with E-state index in [2.05, 4.69) is 10.3 Å². The minimum absolute atomic E-state index is 0.0483. The molecule has 0 saturated heterocycles. The van der Waals surface area contributed by atoms with Crippen LogP contribution in [0.3, 0.4) is 0 Å². The molecule has 0 bridgehead atoms. The van der Waals surface area contributed by atoms with Crippen LogP contribution in [0.15, 0.2) is 85.2 Å². The van der Waals surface area contributed by atoms with Crippen LogP contribution in [0, 0.1) is 6.92 Å². The molecule has 2 aromatic carbocycles. The largest absolute Gasteiger partial charge is 0.345 e. The lowest BCUT2D eigenvalue weighted by Crippen LogP contribution is -2.30. The van der Waals surface area contributed by atoms with E-state index in [4.69, 9.17) is 0 Å². The normalized spacial score (nSPS) is 11.0. The number of rotatable bonds is 5. The quantitative estimate of drug-likeness (QED) is 0.586. The van der Waals surface area contributed by atoms with Gasteiger partial charge in [-0.15, -0.1) is 0 Å². The second-order valence-electron chi connectivity index (χ2n) is 6.70. The molecule has 0 radical (unpaired) electrons. The molecule has 4 heteroatoms. The smallest absolute Gasteiger partial charge is 0.226 e. The Labute approximate surface area is 158 Å². The van der Waals surface area contributed by atoms with Crippen molar-refractivity contribution >= 4 is 11.6 Å². The minimum Gasteiger partial charge on any atom is -0.345 e. The standard InChI is InChI=1S/C23H21N3O/c1-17-12-13-26-16-20(24-21(26)14-17)15-22(27)25-23(18-8-4-2-5-9-18)19-10-6-3-7-11-19/h2-14,16,23H,15H2,1H3,(H,25,27). The molecule has 0 atom stereocenters.